The van der Waals surface area contributed by atoms with Crippen molar-refractivity contribution < 1.29 is 9.53 Å². The van der Waals surface area contributed by atoms with E-state index in [-0.39, 0.29) is 5.91 Å². The van der Waals surface area contributed by atoms with Crippen molar-refractivity contribution in [1.29, 1.82) is 0 Å². The summed E-state index contributed by atoms with van der Waals surface area (Å²) in [4.78, 5) is 14.0. The number of aromatic nitrogens is 2. The fourth-order valence-corrected chi connectivity index (χ4v) is 4.71. The SMILES string of the molecule is O=C1CCc2ccc(OCCCCN3CCc4n[n]([Pb])cc4C3)cc2N1. The van der Waals surface area contributed by atoms with E-state index in [1.54, 1.807) is 0 Å². The summed E-state index contributed by atoms with van der Waals surface area (Å²) in [6.07, 6.45) is 6.83. The molecule has 3 heterocycles. The molecular weight excluding hydrogens is 523 g/mol. The maximum absolute atomic E-state index is 11.5. The zero-order valence-corrected chi connectivity index (χ0v) is 18.7. The Hall–Kier alpha value is -1.42. The Morgan fingerprint density at radius 1 is 1.19 bits per heavy atom. The summed E-state index contributed by atoms with van der Waals surface area (Å²) in [5.41, 5.74) is 4.79. The van der Waals surface area contributed by atoms with Gasteiger partial charge in [-0.2, -0.15) is 0 Å². The molecule has 135 valence electrons. The summed E-state index contributed by atoms with van der Waals surface area (Å²) in [6.45, 7) is 3.96. The van der Waals surface area contributed by atoms with Gasteiger partial charge in [0.05, 0.1) is 0 Å². The molecule has 0 atom stereocenters. The number of unbranched alkanes of at least 4 members (excludes halogenated alkanes) is 1. The second-order valence-electron chi connectivity index (χ2n) is 6.99. The molecule has 1 N–H and O–H groups in total. The van der Waals surface area contributed by atoms with Gasteiger partial charge in [-0.3, -0.25) is 4.79 Å². The van der Waals surface area contributed by atoms with Crippen LogP contribution in [0.4, 0.5) is 5.69 Å². The summed E-state index contributed by atoms with van der Waals surface area (Å²) in [5.74, 6) is 0.934. The van der Waals surface area contributed by atoms with Crippen molar-refractivity contribution in [3.05, 3.63) is 41.2 Å². The Morgan fingerprint density at radius 3 is 3.04 bits per heavy atom. The van der Waals surface area contributed by atoms with Gasteiger partial charge < -0.3 is 5.32 Å². The van der Waals surface area contributed by atoms with Crippen molar-refractivity contribution in [2.75, 3.05) is 25.0 Å². The molecule has 0 fully saturated rings. The third-order valence-corrected chi connectivity index (χ3v) is 5.94. The number of rotatable bonds is 6. The monoisotopic (exact) mass is 547 g/mol. The van der Waals surface area contributed by atoms with Gasteiger partial charge in [-0.25, -0.2) is 0 Å². The van der Waals surface area contributed by atoms with E-state index in [9.17, 15) is 4.79 Å². The van der Waals surface area contributed by atoms with Crippen LogP contribution >= 0.6 is 0 Å². The van der Waals surface area contributed by atoms with Gasteiger partial charge in [-0.15, -0.1) is 0 Å². The van der Waals surface area contributed by atoms with E-state index < -0.39 is 0 Å². The Kier molecular flexibility index (Phi) is 5.58. The first-order valence-electron chi connectivity index (χ1n) is 9.24. The van der Waals surface area contributed by atoms with E-state index in [4.69, 9.17) is 4.74 Å². The van der Waals surface area contributed by atoms with Crippen LogP contribution in [0.5, 0.6) is 5.75 Å². The molecule has 0 spiro atoms. The normalized spacial score (nSPS) is 16.7. The van der Waals surface area contributed by atoms with Crippen molar-refractivity contribution in [1.82, 2.24) is 12.5 Å². The average Bonchev–Trinajstić information content (AvgIpc) is 3.00. The van der Waals surface area contributed by atoms with Crippen molar-refractivity contribution in [2.24, 2.45) is 0 Å². The number of anilines is 1. The van der Waals surface area contributed by atoms with E-state index in [2.05, 4.69) is 30.1 Å². The van der Waals surface area contributed by atoms with Gasteiger partial charge in [-0.1, -0.05) is 6.07 Å². The van der Waals surface area contributed by atoms with Crippen LogP contribution in [-0.2, 0) is 24.2 Å². The molecule has 4 rings (SSSR count). The van der Waals surface area contributed by atoms with Gasteiger partial charge in [-0.05, 0) is 12.0 Å². The number of amides is 1. The standard InChI is InChI=1S/C19H24N4O2.Pb/c24-19-6-4-14-3-5-16(11-18(14)21-19)25-10-2-1-8-23-9-7-17-15(13-23)12-20-22-17;/h3,5,11-12H,1-2,4,6-10,13H2,(H2,20,21,22,24);/q;+1/p-1. The van der Waals surface area contributed by atoms with Crippen molar-refractivity contribution in [3.8, 4) is 5.75 Å². The van der Waals surface area contributed by atoms with Crippen LogP contribution in [0.25, 0.3) is 0 Å². The first kappa shape index (κ1) is 18.0. The minimum absolute atomic E-state index is 0.0929. The van der Waals surface area contributed by atoms with Crippen LogP contribution in [0.3, 0.4) is 0 Å². The van der Waals surface area contributed by atoms with Crippen molar-refractivity contribution >= 4 is 37.7 Å². The first-order chi connectivity index (χ1) is 12.7. The molecule has 1 amide bonds. The number of benzene rings is 1. The summed E-state index contributed by atoms with van der Waals surface area (Å²) in [7, 11) is 0. The molecule has 0 aliphatic carbocycles. The number of fused-ring (bicyclic) bond motifs is 2. The summed E-state index contributed by atoms with van der Waals surface area (Å²) >= 11 is 0.963. The van der Waals surface area contributed by atoms with Gasteiger partial charge in [0.25, 0.3) is 0 Å². The van der Waals surface area contributed by atoms with E-state index in [0.29, 0.717) is 13.0 Å². The molecule has 0 saturated heterocycles. The van der Waals surface area contributed by atoms with Gasteiger partial charge in [0.2, 0.25) is 5.91 Å². The molecular formula is C19H23N4O2Pb. The molecule has 1 aromatic heterocycles. The second kappa shape index (κ2) is 8.08. The fourth-order valence-electron chi connectivity index (χ4n) is 3.63. The number of aryl methyl sites for hydroxylation is 1. The molecule has 2 aliphatic rings. The molecule has 6 nitrogen and oxygen atoms in total. The van der Waals surface area contributed by atoms with Gasteiger partial charge in [0.15, 0.2) is 0 Å². The van der Waals surface area contributed by atoms with Gasteiger partial charge in [0.1, 0.15) is 0 Å². The van der Waals surface area contributed by atoms with Crippen LogP contribution in [0.15, 0.2) is 24.4 Å². The van der Waals surface area contributed by atoms with Crippen LogP contribution in [-0.4, -0.2) is 64.2 Å². The van der Waals surface area contributed by atoms with Gasteiger partial charge >= 0.3 is 124 Å². The molecule has 0 saturated carbocycles. The van der Waals surface area contributed by atoms with Gasteiger partial charge in [0, 0.05) is 12.1 Å². The Bertz CT molecular complexity index is 805. The van der Waals surface area contributed by atoms with E-state index in [0.717, 1.165) is 82.8 Å². The Morgan fingerprint density at radius 2 is 2.12 bits per heavy atom. The molecule has 0 bridgehead atoms. The average molecular weight is 547 g/mol. The Labute approximate surface area is 170 Å². The number of hydrogen-bond acceptors (Lipinski definition) is 4. The third-order valence-electron chi connectivity index (χ3n) is 5.05. The predicted octanol–water partition coefficient (Wildman–Crippen LogP) is 1.92. The smallest absolute Gasteiger partial charge is 0.326 e. The third kappa shape index (κ3) is 4.28. The Balaban J connectivity index is 1.19. The summed E-state index contributed by atoms with van der Waals surface area (Å²) in [5, 5.41) is 7.49. The van der Waals surface area contributed by atoms with Crippen LogP contribution in [0.1, 0.15) is 36.1 Å². The minimum atomic E-state index is 0.0929. The summed E-state index contributed by atoms with van der Waals surface area (Å²) < 4.78 is 7.94. The zero-order valence-electron chi connectivity index (χ0n) is 14.8. The predicted molar refractivity (Wildman–Crippen MR) is 100 cm³/mol. The number of nitrogens with one attached hydrogen (secondary N) is 1. The number of carbonyl (C=O) groups excluding carboxylic acids is 1. The van der Waals surface area contributed by atoms with Crippen molar-refractivity contribution in [3.63, 3.8) is 0 Å². The van der Waals surface area contributed by atoms with Crippen LogP contribution in [0.2, 0.25) is 0 Å². The molecule has 2 aliphatic heterocycles. The molecule has 7 heteroatoms. The van der Waals surface area contributed by atoms with E-state index in [1.165, 1.54) is 16.8 Å². The fraction of sp³-hybridized carbons (Fsp3) is 0.474. The number of ether oxygens (including phenoxy) is 1. The molecule has 26 heavy (non-hydrogen) atoms. The molecule has 1 aromatic carbocycles. The molecule has 3 radical (unpaired) electrons. The maximum atomic E-state index is 11.5. The molecule has 2 aromatic rings. The minimum Gasteiger partial charge on any atom is -0.326 e. The van der Waals surface area contributed by atoms with Crippen LogP contribution in [0, 0.1) is 0 Å². The van der Waals surface area contributed by atoms with E-state index in [1.807, 2.05) is 12.1 Å². The summed E-state index contributed by atoms with van der Waals surface area (Å²) in [6, 6.07) is 6.02. The first-order valence-corrected chi connectivity index (χ1v) is 11.0. The van der Waals surface area contributed by atoms with E-state index >= 15 is 0 Å². The topological polar surface area (TPSA) is 59.4 Å². The molecule has 0 unspecified atom stereocenters. The quantitative estimate of drug-likeness (QED) is 0.445. The zero-order chi connectivity index (χ0) is 17.9. The van der Waals surface area contributed by atoms with Crippen LogP contribution < -0.4 is 10.1 Å². The number of nitrogens with zero attached hydrogens (tertiary/aromatic N) is 3. The number of carbonyl (C=O) groups is 1. The number of hydrogen-bond donors (Lipinski definition) is 1. The second-order valence-corrected chi connectivity index (χ2v) is 8.78. The van der Waals surface area contributed by atoms with Crippen molar-refractivity contribution in [2.45, 2.75) is 38.6 Å².